The summed E-state index contributed by atoms with van der Waals surface area (Å²) in [5.74, 6) is 0.439. The monoisotopic (exact) mass is 289 g/mol. The first-order chi connectivity index (χ1) is 9.53. The number of hydrogen-bond donors (Lipinski definition) is 1. The van der Waals surface area contributed by atoms with E-state index in [9.17, 15) is 8.42 Å². The van der Waals surface area contributed by atoms with Crippen LogP contribution in [0.4, 0.5) is 5.69 Å². The first-order valence-corrected chi connectivity index (χ1v) is 8.19. The Bertz CT molecular complexity index is 649. The molecular weight excluding hydrogens is 270 g/mol. The lowest BCUT2D eigenvalue weighted by molar-refractivity contribution is 0.601. The van der Waals surface area contributed by atoms with E-state index in [-0.39, 0.29) is 4.90 Å². The highest BCUT2D eigenvalue weighted by Gasteiger charge is 2.14. The van der Waals surface area contributed by atoms with Gasteiger partial charge in [0.2, 0.25) is 0 Å². The molecular formula is C16H19NO2S. The van der Waals surface area contributed by atoms with Crippen LogP contribution in [0.15, 0.2) is 59.5 Å². The maximum absolute atomic E-state index is 12.2. The third-order valence-corrected chi connectivity index (χ3v) is 4.80. The summed E-state index contributed by atoms with van der Waals surface area (Å²) >= 11 is 0. The Hall–Kier alpha value is -1.81. The molecule has 0 aliphatic carbocycles. The van der Waals surface area contributed by atoms with Crippen molar-refractivity contribution in [3.05, 3.63) is 60.2 Å². The molecule has 0 amide bonds. The van der Waals surface area contributed by atoms with Gasteiger partial charge in [0.15, 0.2) is 0 Å². The van der Waals surface area contributed by atoms with Crippen molar-refractivity contribution in [1.29, 1.82) is 0 Å². The van der Waals surface area contributed by atoms with Crippen LogP contribution >= 0.6 is 0 Å². The van der Waals surface area contributed by atoms with Crippen molar-refractivity contribution < 1.29 is 8.42 Å². The molecule has 0 aliphatic heterocycles. The van der Waals surface area contributed by atoms with Crippen LogP contribution in [0.2, 0.25) is 0 Å². The van der Waals surface area contributed by atoms with E-state index in [1.54, 1.807) is 36.4 Å². The topological polar surface area (TPSA) is 46.2 Å². The zero-order chi connectivity index (χ0) is 14.6. The van der Waals surface area contributed by atoms with E-state index < -0.39 is 10.0 Å². The molecule has 4 heteroatoms. The largest absolute Gasteiger partial charge is 0.280 e. The Kier molecular flexibility index (Phi) is 4.45. The molecule has 0 aromatic heterocycles. The normalized spacial score (nSPS) is 12.9. The minimum Gasteiger partial charge on any atom is -0.280 e. The molecule has 0 saturated carbocycles. The predicted molar refractivity (Wildman–Crippen MR) is 82.4 cm³/mol. The van der Waals surface area contributed by atoms with Gasteiger partial charge in [0, 0.05) is 5.69 Å². The molecule has 3 nitrogen and oxygen atoms in total. The molecule has 20 heavy (non-hydrogen) atoms. The number of benzene rings is 2. The predicted octanol–water partition coefficient (Wildman–Crippen LogP) is 4.00. The fourth-order valence-corrected chi connectivity index (χ4v) is 2.99. The molecule has 0 radical (unpaired) electrons. The standard InChI is InChI=1S/C16H19NO2S/c1-3-13(2)14-9-11-16(12-10-14)20(18,19)17-15-7-5-4-6-8-15/h4-13,17H,3H2,1-2H3/t13-/m0/s1. The quantitative estimate of drug-likeness (QED) is 0.904. The summed E-state index contributed by atoms with van der Waals surface area (Å²) in [5.41, 5.74) is 1.73. The third-order valence-electron chi connectivity index (χ3n) is 3.40. The molecule has 2 aromatic rings. The van der Waals surface area contributed by atoms with E-state index in [0.29, 0.717) is 11.6 Å². The molecule has 106 valence electrons. The van der Waals surface area contributed by atoms with Gasteiger partial charge in [-0.1, -0.05) is 44.2 Å². The van der Waals surface area contributed by atoms with E-state index >= 15 is 0 Å². The van der Waals surface area contributed by atoms with Gasteiger partial charge >= 0.3 is 0 Å². The highest BCUT2D eigenvalue weighted by molar-refractivity contribution is 7.92. The van der Waals surface area contributed by atoms with Gasteiger partial charge in [0.1, 0.15) is 0 Å². The van der Waals surface area contributed by atoms with E-state index in [0.717, 1.165) is 12.0 Å². The van der Waals surface area contributed by atoms with E-state index in [1.165, 1.54) is 0 Å². The van der Waals surface area contributed by atoms with Crippen LogP contribution in [0, 0.1) is 0 Å². The molecule has 0 unspecified atom stereocenters. The number of para-hydroxylation sites is 1. The molecule has 0 bridgehead atoms. The summed E-state index contributed by atoms with van der Waals surface area (Å²) in [6, 6.07) is 16.0. The summed E-state index contributed by atoms with van der Waals surface area (Å²) in [6.45, 7) is 4.25. The Morgan fingerprint density at radius 2 is 1.60 bits per heavy atom. The minimum absolute atomic E-state index is 0.286. The highest BCUT2D eigenvalue weighted by atomic mass is 32.2. The second-order valence-corrected chi connectivity index (χ2v) is 6.53. The van der Waals surface area contributed by atoms with Crippen molar-refractivity contribution in [1.82, 2.24) is 0 Å². The van der Waals surface area contributed by atoms with Crippen LogP contribution in [0.3, 0.4) is 0 Å². The van der Waals surface area contributed by atoms with Crippen LogP contribution in [0.5, 0.6) is 0 Å². The van der Waals surface area contributed by atoms with Crippen LogP contribution in [-0.2, 0) is 10.0 Å². The SMILES string of the molecule is CC[C@H](C)c1ccc(S(=O)(=O)Nc2ccccc2)cc1. The van der Waals surface area contributed by atoms with E-state index in [1.807, 2.05) is 18.2 Å². The van der Waals surface area contributed by atoms with Gasteiger partial charge < -0.3 is 0 Å². The molecule has 0 heterocycles. The zero-order valence-electron chi connectivity index (χ0n) is 11.7. The van der Waals surface area contributed by atoms with E-state index in [2.05, 4.69) is 18.6 Å². The Morgan fingerprint density at radius 3 is 2.15 bits per heavy atom. The Balaban J connectivity index is 2.22. The van der Waals surface area contributed by atoms with Gasteiger partial charge in [0.05, 0.1) is 4.90 Å². The van der Waals surface area contributed by atoms with Gasteiger partial charge in [-0.25, -0.2) is 8.42 Å². The van der Waals surface area contributed by atoms with Gasteiger partial charge in [-0.15, -0.1) is 0 Å². The fraction of sp³-hybridized carbons (Fsp3) is 0.250. The van der Waals surface area contributed by atoms with Crippen molar-refractivity contribution in [2.24, 2.45) is 0 Å². The first-order valence-electron chi connectivity index (χ1n) is 6.71. The molecule has 0 saturated heterocycles. The van der Waals surface area contributed by atoms with Gasteiger partial charge in [0.25, 0.3) is 10.0 Å². The maximum atomic E-state index is 12.2. The van der Waals surface area contributed by atoms with Gasteiger partial charge in [-0.05, 0) is 42.2 Å². The lowest BCUT2D eigenvalue weighted by Gasteiger charge is -2.11. The molecule has 1 N–H and O–H groups in total. The average Bonchev–Trinajstić information content (AvgIpc) is 2.47. The number of nitrogens with one attached hydrogen (secondary N) is 1. The average molecular weight is 289 g/mol. The summed E-state index contributed by atoms with van der Waals surface area (Å²) in [5, 5.41) is 0. The number of rotatable bonds is 5. The number of sulfonamides is 1. The molecule has 2 rings (SSSR count). The number of anilines is 1. The van der Waals surface area contributed by atoms with Crippen LogP contribution in [0.25, 0.3) is 0 Å². The van der Waals surface area contributed by atoms with Crippen LogP contribution < -0.4 is 4.72 Å². The van der Waals surface area contributed by atoms with Crippen molar-refractivity contribution in [3.63, 3.8) is 0 Å². The molecule has 0 fully saturated rings. The summed E-state index contributed by atoms with van der Waals surface area (Å²) in [4.78, 5) is 0.286. The third kappa shape index (κ3) is 3.39. The molecule has 0 aliphatic rings. The highest BCUT2D eigenvalue weighted by Crippen LogP contribution is 2.21. The van der Waals surface area contributed by atoms with Crippen LogP contribution in [0.1, 0.15) is 31.7 Å². The summed E-state index contributed by atoms with van der Waals surface area (Å²) in [7, 11) is -3.51. The first kappa shape index (κ1) is 14.6. The fourth-order valence-electron chi connectivity index (χ4n) is 1.93. The lowest BCUT2D eigenvalue weighted by Crippen LogP contribution is -2.12. The molecule has 2 aromatic carbocycles. The number of hydrogen-bond acceptors (Lipinski definition) is 2. The van der Waals surface area contributed by atoms with Crippen molar-refractivity contribution in [3.8, 4) is 0 Å². The summed E-state index contributed by atoms with van der Waals surface area (Å²) < 4.78 is 27.1. The Labute approximate surface area is 120 Å². The Morgan fingerprint density at radius 1 is 1.00 bits per heavy atom. The smallest absolute Gasteiger partial charge is 0.261 e. The molecule has 1 atom stereocenters. The van der Waals surface area contributed by atoms with Crippen molar-refractivity contribution in [2.75, 3.05) is 4.72 Å². The van der Waals surface area contributed by atoms with Crippen molar-refractivity contribution >= 4 is 15.7 Å². The maximum Gasteiger partial charge on any atom is 0.261 e. The second-order valence-electron chi connectivity index (χ2n) is 4.85. The van der Waals surface area contributed by atoms with Crippen molar-refractivity contribution in [2.45, 2.75) is 31.1 Å². The van der Waals surface area contributed by atoms with Crippen LogP contribution in [-0.4, -0.2) is 8.42 Å². The van der Waals surface area contributed by atoms with Gasteiger partial charge in [-0.3, -0.25) is 4.72 Å². The second kappa shape index (κ2) is 6.09. The van der Waals surface area contributed by atoms with Gasteiger partial charge in [-0.2, -0.15) is 0 Å². The van der Waals surface area contributed by atoms with E-state index in [4.69, 9.17) is 0 Å². The minimum atomic E-state index is -3.51. The zero-order valence-corrected chi connectivity index (χ0v) is 12.5. The molecule has 0 spiro atoms. The summed E-state index contributed by atoms with van der Waals surface area (Å²) in [6.07, 6.45) is 1.04. The lowest BCUT2D eigenvalue weighted by atomic mass is 9.99.